The molecule has 6 atom stereocenters. The van der Waals surface area contributed by atoms with E-state index in [9.17, 15) is 17.4 Å². The third-order valence-corrected chi connectivity index (χ3v) is 5.87. The molecule has 0 spiro atoms. The molecule has 9 heteroatoms. The molecule has 2 saturated carbocycles. The monoisotopic (exact) mass is 296 g/mol. The minimum Gasteiger partial charge on any atom is -0.458 e. The van der Waals surface area contributed by atoms with Crippen LogP contribution in [0, 0.1) is 11.8 Å². The first-order valence-electron chi connectivity index (χ1n) is 5.57. The molecule has 3 aliphatic rings. The Hall–Kier alpha value is -0.510. The molecule has 6 unspecified atom stereocenters. The molecule has 2 aliphatic carbocycles. The van der Waals surface area contributed by atoms with Crippen molar-refractivity contribution in [3.05, 3.63) is 0 Å². The highest BCUT2D eigenvalue weighted by Gasteiger charge is 2.62. The Labute approximate surface area is 106 Å². The lowest BCUT2D eigenvalue weighted by atomic mass is 9.94. The standard InChI is InChI=1S/C9H12O7S2/c10-7(3-18(12,13)14)15-8-4-1-5-6(2-4)17(11)16-9(5)8/h4-6,8-9H,1-3H2,(H,12,13,14). The van der Waals surface area contributed by atoms with E-state index in [1.807, 2.05) is 0 Å². The van der Waals surface area contributed by atoms with E-state index >= 15 is 0 Å². The lowest BCUT2D eigenvalue weighted by Crippen LogP contribution is -2.38. The van der Waals surface area contributed by atoms with Crippen molar-refractivity contribution in [3.8, 4) is 0 Å². The third-order valence-electron chi connectivity index (χ3n) is 3.82. The Balaban J connectivity index is 1.69. The second-order valence-corrected chi connectivity index (χ2v) is 7.71. The molecule has 3 rings (SSSR count). The van der Waals surface area contributed by atoms with E-state index in [1.54, 1.807) is 0 Å². The van der Waals surface area contributed by atoms with E-state index in [1.165, 1.54) is 0 Å². The first kappa shape index (κ1) is 12.5. The molecule has 0 amide bonds. The molecule has 0 aromatic carbocycles. The summed E-state index contributed by atoms with van der Waals surface area (Å²) in [5.41, 5.74) is 0. The van der Waals surface area contributed by atoms with Crippen LogP contribution in [-0.4, -0.2) is 46.4 Å². The number of carbonyl (C=O) groups is 1. The average molecular weight is 296 g/mol. The number of rotatable bonds is 3. The molecule has 18 heavy (non-hydrogen) atoms. The maximum Gasteiger partial charge on any atom is 0.324 e. The van der Waals surface area contributed by atoms with E-state index < -0.39 is 39.0 Å². The Kier molecular flexibility index (Phi) is 2.78. The van der Waals surface area contributed by atoms with E-state index in [2.05, 4.69) is 0 Å². The van der Waals surface area contributed by atoms with Gasteiger partial charge in [0.15, 0.2) is 16.8 Å². The Morgan fingerprint density at radius 2 is 2.17 bits per heavy atom. The summed E-state index contributed by atoms with van der Waals surface area (Å²) < 4.78 is 51.6. The molecule has 1 heterocycles. The molecule has 0 radical (unpaired) electrons. The third kappa shape index (κ3) is 1.98. The van der Waals surface area contributed by atoms with Crippen molar-refractivity contribution in [3.63, 3.8) is 0 Å². The zero-order valence-electron chi connectivity index (χ0n) is 9.22. The Morgan fingerprint density at radius 1 is 1.44 bits per heavy atom. The smallest absolute Gasteiger partial charge is 0.324 e. The van der Waals surface area contributed by atoms with Gasteiger partial charge in [0, 0.05) is 11.8 Å². The van der Waals surface area contributed by atoms with Crippen LogP contribution in [0.3, 0.4) is 0 Å². The van der Waals surface area contributed by atoms with Gasteiger partial charge in [0.2, 0.25) is 0 Å². The maximum atomic E-state index is 11.6. The van der Waals surface area contributed by atoms with Crippen LogP contribution in [0.1, 0.15) is 12.8 Å². The normalized spacial score (nSPS) is 45.4. The number of carbonyl (C=O) groups excluding carboxylic acids is 1. The summed E-state index contributed by atoms with van der Waals surface area (Å²) >= 11 is -1.33. The molecule has 1 aliphatic heterocycles. The van der Waals surface area contributed by atoms with Gasteiger partial charge in [-0.3, -0.25) is 13.5 Å². The molecule has 2 bridgehead atoms. The largest absolute Gasteiger partial charge is 0.458 e. The van der Waals surface area contributed by atoms with E-state index in [0.29, 0.717) is 6.42 Å². The van der Waals surface area contributed by atoms with Crippen molar-refractivity contribution < 1.29 is 30.9 Å². The topological polar surface area (TPSA) is 107 Å². The fourth-order valence-electron chi connectivity index (χ4n) is 3.22. The minimum absolute atomic E-state index is 0.0246. The Morgan fingerprint density at radius 3 is 2.83 bits per heavy atom. The lowest BCUT2D eigenvalue weighted by molar-refractivity contribution is -0.152. The number of fused-ring (bicyclic) bond motifs is 1. The summed E-state index contributed by atoms with van der Waals surface area (Å²) in [5.74, 6) is -1.82. The summed E-state index contributed by atoms with van der Waals surface area (Å²) in [6, 6.07) is 0. The fourth-order valence-corrected chi connectivity index (χ4v) is 5.16. The van der Waals surface area contributed by atoms with Crippen molar-refractivity contribution in [2.45, 2.75) is 30.3 Å². The minimum atomic E-state index is -4.38. The van der Waals surface area contributed by atoms with Crippen LogP contribution in [-0.2, 0) is 34.9 Å². The molecule has 7 nitrogen and oxygen atoms in total. The van der Waals surface area contributed by atoms with E-state index in [0.717, 1.165) is 6.42 Å². The molecule has 0 aromatic heterocycles. The fraction of sp³-hybridized carbons (Fsp3) is 0.889. The molecule has 102 valence electrons. The Bertz CT molecular complexity index is 513. The van der Waals surface area contributed by atoms with Crippen LogP contribution in [0.2, 0.25) is 0 Å². The molecular weight excluding hydrogens is 284 g/mol. The summed E-state index contributed by atoms with van der Waals surface area (Å²) in [4.78, 5) is 11.4. The van der Waals surface area contributed by atoms with Gasteiger partial charge in [-0.2, -0.15) is 8.42 Å². The summed E-state index contributed by atoms with van der Waals surface area (Å²) in [6.45, 7) is 0. The second-order valence-electron chi connectivity index (χ2n) is 4.94. The van der Waals surface area contributed by atoms with Gasteiger partial charge < -0.3 is 4.74 Å². The van der Waals surface area contributed by atoms with E-state index in [-0.39, 0.29) is 23.2 Å². The van der Waals surface area contributed by atoms with Gasteiger partial charge in [-0.1, -0.05) is 0 Å². The summed E-state index contributed by atoms with van der Waals surface area (Å²) in [5, 5.41) is 0.0246. The van der Waals surface area contributed by atoms with Gasteiger partial charge in [-0.25, -0.2) is 4.21 Å². The number of hydrogen-bond acceptors (Lipinski definition) is 6. The van der Waals surface area contributed by atoms with Crippen LogP contribution in [0.5, 0.6) is 0 Å². The van der Waals surface area contributed by atoms with Gasteiger partial charge in [-0.15, -0.1) is 0 Å². The van der Waals surface area contributed by atoms with Crippen molar-refractivity contribution in [1.29, 1.82) is 0 Å². The predicted octanol–water partition coefficient (Wildman–Crippen LogP) is -0.743. The molecule has 1 N–H and O–H groups in total. The predicted molar refractivity (Wildman–Crippen MR) is 59.3 cm³/mol. The van der Waals surface area contributed by atoms with Crippen molar-refractivity contribution in [2.24, 2.45) is 11.8 Å². The van der Waals surface area contributed by atoms with Gasteiger partial charge in [0.1, 0.15) is 12.2 Å². The molecule has 1 saturated heterocycles. The number of hydrogen-bond donors (Lipinski definition) is 1. The zero-order chi connectivity index (χ0) is 13.1. The highest BCUT2D eigenvalue weighted by molar-refractivity contribution is 7.86. The molecule has 0 aromatic rings. The highest BCUT2D eigenvalue weighted by Crippen LogP contribution is 2.54. The molecular formula is C9H12O7S2. The SMILES string of the molecule is O=C(CS(=O)(=O)O)OC1C2CC3C1OS(=O)C3C2. The van der Waals surface area contributed by atoms with Crippen LogP contribution < -0.4 is 0 Å². The van der Waals surface area contributed by atoms with E-state index in [4.69, 9.17) is 13.5 Å². The van der Waals surface area contributed by atoms with Crippen LogP contribution in [0.4, 0.5) is 0 Å². The first-order valence-corrected chi connectivity index (χ1v) is 8.32. The van der Waals surface area contributed by atoms with Crippen LogP contribution in [0.15, 0.2) is 0 Å². The quantitative estimate of drug-likeness (QED) is 0.539. The maximum absolute atomic E-state index is 11.6. The molecule has 3 fully saturated rings. The summed E-state index contributed by atoms with van der Waals surface area (Å²) in [7, 11) is -4.38. The van der Waals surface area contributed by atoms with Crippen molar-refractivity contribution >= 4 is 27.2 Å². The summed E-state index contributed by atoms with van der Waals surface area (Å²) in [6.07, 6.45) is 0.551. The highest BCUT2D eigenvalue weighted by atomic mass is 32.2. The second kappa shape index (κ2) is 3.99. The number of esters is 1. The van der Waals surface area contributed by atoms with Gasteiger partial charge >= 0.3 is 5.97 Å². The van der Waals surface area contributed by atoms with Gasteiger partial charge in [0.05, 0.1) is 5.25 Å². The number of ether oxygens (including phenoxy) is 1. The van der Waals surface area contributed by atoms with Crippen LogP contribution >= 0.6 is 0 Å². The van der Waals surface area contributed by atoms with Crippen molar-refractivity contribution in [1.82, 2.24) is 0 Å². The van der Waals surface area contributed by atoms with Gasteiger partial charge in [-0.05, 0) is 12.8 Å². The average Bonchev–Trinajstić information content (AvgIpc) is 2.79. The van der Waals surface area contributed by atoms with Gasteiger partial charge in [0.25, 0.3) is 10.1 Å². The lowest BCUT2D eigenvalue weighted by Gasteiger charge is -2.24. The van der Waals surface area contributed by atoms with Crippen LogP contribution in [0.25, 0.3) is 0 Å². The zero-order valence-corrected chi connectivity index (χ0v) is 10.9. The first-order chi connectivity index (χ1) is 8.35. The van der Waals surface area contributed by atoms with Crippen molar-refractivity contribution in [2.75, 3.05) is 5.75 Å².